The molecule has 1 aromatic heterocycles. The number of H-pyrrole nitrogens is 1. The van der Waals surface area contributed by atoms with Crippen LogP contribution >= 0.6 is 0 Å². The Kier molecular flexibility index (Phi) is 6.84. The van der Waals surface area contributed by atoms with Gasteiger partial charge in [-0.1, -0.05) is 30.3 Å². The van der Waals surface area contributed by atoms with Crippen molar-refractivity contribution < 1.29 is 29.2 Å². The molecule has 0 aliphatic carbocycles. The number of aromatic nitrogens is 2. The first kappa shape index (κ1) is 21.6. The monoisotopic (exact) mass is 415 g/mol. The molecule has 30 heavy (non-hydrogen) atoms. The first-order valence-corrected chi connectivity index (χ1v) is 8.09. The van der Waals surface area contributed by atoms with E-state index in [0.717, 1.165) is 5.56 Å². The van der Waals surface area contributed by atoms with Gasteiger partial charge < -0.3 is 5.11 Å². The number of nitrogens with zero attached hydrogens (tertiary/aromatic N) is 4. The molecule has 3 rings (SSSR count). The van der Waals surface area contributed by atoms with E-state index in [1.54, 1.807) is 12.5 Å². The lowest BCUT2D eigenvalue weighted by atomic mass is 10.1. The molecule has 0 aliphatic heterocycles. The molecule has 1 N–H and O–H groups in total. The molecule has 13 heteroatoms. The van der Waals surface area contributed by atoms with Gasteiger partial charge in [0, 0.05) is 5.56 Å². The molecule has 0 saturated carbocycles. The van der Waals surface area contributed by atoms with Crippen LogP contribution in [0.4, 0.5) is 17.1 Å². The number of hydrogen-bond acceptors (Lipinski definition) is 8. The van der Waals surface area contributed by atoms with Crippen molar-refractivity contribution in [1.29, 1.82) is 0 Å². The zero-order valence-corrected chi connectivity index (χ0v) is 15.0. The highest BCUT2D eigenvalue weighted by atomic mass is 16.6. The van der Waals surface area contributed by atoms with Gasteiger partial charge in [-0.2, -0.15) is 0 Å². The zero-order chi connectivity index (χ0) is 22.3. The Labute approximate surface area is 167 Å². The van der Waals surface area contributed by atoms with Gasteiger partial charge in [-0.15, -0.1) is 0 Å². The standard InChI is InChI=1S/C11H10N2O.C6H3N3O7/c14-11(8-13-7-6-12-9-13)10-4-2-1-3-5-10;10-6-4(8(13)14)1-3(7(11)12)2-5(6)9(15)16/h1-7,9H,8H2;1-2,10H. The average Bonchev–Trinajstić information content (AvgIpc) is 3.21. The number of Topliss-reactive ketones (excluding diaryl/α,β-unsaturated/α-hetero) is 1. The number of imidazole rings is 1. The quantitative estimate of drug-likeness (QED) is 0.272. The van der Waals surface area contributed by atoms with E-state index >= 15 is 0 Å². The molecule has 3 aromatic rings. The van der Waals surface area contributed by atoms with E-state index in [1.807, 2.05) is 41.1 Å². The number of aromatic amines is 1. The Morgan fingerprint density at radius 2 is 1.50 bits per heavy atom. The van der Waals surface area contributed by atoms with E-state index in [0.29, 0.717) is 18.7 Å². The molecular formula is C17H13N5O8. The molecule has 154 valence electrons. The Morgan fingerprint density at radius 3 is 1.93 bits per heavy atom. The maximum atomic E-state index is 11.7. The summed E-state index contributed by atoms with van der Waals surface area (Å²) in [5.74, 6) is -1.34. The lowest BCUT2D eigenvalue weighted by Gasteiger charge is -2.06. The zero-order valence-electron chi connectivity index (χ0n) is 15.0. The number of rotatable bonds is 6. The summed E-state index contributed by atoms with van der Waals surface area (Å²) in [6, 6.07) is 10.1. The minimum atomic E-state index is -1.46. The number of nitro benzene ring substituents is 3. The first-order chi connectivity index (χ1) is 14.2. The average molecular weight is 415 g/mol. The topological polar surface area (TPSA) is 189 Å². The SMILES string of the molecule is O=C(C[n+]1cc[nH]c1)c1ccccc1.O=[N+]([O-])c1cc([N+](=O)[O-])c([O-])c([N+](=O)[O-])c1. The highest BCUT2D eigenvalue weighted by Gasteiger charge is 2.24. The maximum absolute atomic E-state index is 11.7. The fourth-order valence-electron chi connectivity index (χ4n) is 2.26. The van der Waals surface area contributed by atoms with Crippen LogP contribution < -0.4 is 9.67 Å². The second-order valence-corrected chi connectivity index (χ2v) is 5.66. The number of carbonyl (C=O) groups excluding carboxylic acids is 1. The van der Waals surface area contributed by atoms with Gasteiger partial charge in [-0.05, 0) is 0 Å². The maximum Gasteiger partial charge on any atom is 0.283 e. The van der Waals surface area contributed by atoms with Gasteiger partial charge in [-0.3, -0.25) is 40.1 Å². The number of carbonyl (C=O) groups is 1. The Balaban J connectivity index is 0.000000215. The van der Waals surface area contributed by atoms with E-state index in [-0.39, 0.29) is 5.78 Å². The summed E-state index contributed by atoms with van der Waals surface area (Å²) in [5, 5.41) is 42.1. The molecule has 0 aliphatic rings. The number of hydrogen-bond donors (Lipinski definition) is 1. The summed E-state index contributed by atoms with van der Waals surface area (Å²) in [7, 11) is 0. The van der Waals surface area contributed by atoms with Gasteiger partial charge in [0.2, 0.25) is 12.1 Å². The molecule has 1 heterocycles. The molecule has 13 nitrogen and oxygen atoms in total. The molecule has 2 aromatic carbocycles. The smallest absolute Gasteiger partial charge is 0.283 e. The number of nitro groups is 3. The van der Waals surface area contributed by atoms with Crippen LogP contribution in [0.2, 0.25) is 0 Å². The minimum absolute atomic E-state index is 0.121. The van der Waals surface area contributed by atoms with Gasteiger partial charge >= 0.3 is 0 Å². The molecule has 0 atom stereocenters. The van der Waals surface area contributed by atoms with Crippen LogP contribution in [-0.4, -0.2) is 25.5 Å². The molecule has 0 saturated heterocycles. The Morgan fingerprint density at radius 1 is 0.933 bits per heavy atom. The Hall–Kier alpha value is -4.68. The van der Waals surface area contributed by atoms with Gasteiger partial charge in [0.25, 0.3) is 17.1 Å². The molecule has 0 amide bonds. The summed E-state index contributed by atoms with van der Waals surface area (Å²) in [5.41, 5.74) is -2.51. The van der Waals surface area contributed by atoms with E-state index in [1.165, 1.54) is 0 Å². The number of nitrogens with one attached hydrogen (secondary N) is 1. The number of ketones is 1. The van der Waals surface area contributed by atoms with E-state index < -0.39 is 37.6 Å². The minimum Gasteiger partial charge on any atom is -0.863 e. The van der Waals surface area contributed by atoms with Crippen LogP contribution in [0.5, 0.6) is 5.75 Å². The molecule has 0 radical (unpaired) electrons. The van der Waals surface area contributed by atoms with Gasteiger partial charge in [0.1, 0.15) is 12.4 Å². The summed E-state index contributed by atoms with van der Waals surface area (Å²) in [6.07, 6.45) is 5.39. The molecule has 0 unspecified atom stereocenters. The highest BCUT2D eigenvalue weighted by molar-refractivity contribution is 5.94. The fourth-order valence-corrected chi connectivity index (χ4v) is 2.26. The Bertz CT molecular complexity index is 1050. The second-order valence-electron chi connectivity index (χ2n) is 5.66. The van der Waals surface area contributed by atoms with Crippen molar-refractivity contribution >= 4 is 22.8 Å². The van der Waals surface area contributed by atoms with Crippen molar-refractivity contribution in [1.82, 2.24) is 4.98 Å². The number of non-ortho nitro benzene ring substituents is 1. The van der Waals surface area contributed by atoms with E-state index in [4.69, 9.17) is 0 Å². The molecule has 0 bridgehead atoms. The van der Waals surface area contributed by atoms with Gasteiger partial charge in [0.05, 0.1) is 32.7 Å². The van der Waals surface area contributed by atoms with Crippen LogP contribution in [0.15, 0.2) is 61.2 Å². The second kappa shape index (κ2) is 9.50. The lowest BCUT2D eigenvalue weighted by molar-refractivity contribution is -0.681. The summed E-state index contributed by atoms with van der Waals surface area (Å²) < 4.78 is 1.81. The third-order valence-electron chi connectivity index (χ3n) is 3.66. The highest BCUT2D eigenvalue weighted by Crippen LogP contribution is 2.36. The lowest BCUT2D eigenvalue weighted by Crippen LogP contribution is -2.35. The van der Waals surface area contributed by atoms with Crippen LogP contribution in [0.1, 0.15) is 10.4 Å². The fraction of sp³-hybridized carbons (Fsp3) is 0.0588. The van der Waals surface area contributed by atoms with Crippen molar-refractivity contribution in [3.8, 4) is 5.75 Å². The van der Waals surface area contributed by atoms with Crippen molar-refractivity contribution in [3.63, 3.8) is 0 Å². The van der Waals surface area contributed by atoms with Crippen molar-refractivity contribution in [2.75, 3.05) is 0 Å². The van der Waals surface area contributed by atoms with Gasteiger partial charge in [0.15, 0.2) is 6.54 Å². The van der Waals surface area contributed by atoms with E-state index in [9.17, 15) is 40.2 Å². The normalized spacial score (nSPS) is 9.87. The van der Waals surface area contributed by atoms with Gasteiger partial charge in [-0.25, -0.2) is 4.57 Å². The summed E-state index contributed by atoms with van der Waals surface area (Å²) in [6.45, 7) is 0.382. The third kappa shape index (κ3) is 5.41. The molecular weight excluding hydrogens is 402 g/mol. The van der Waals surface area contributed by atoms with Crippen LogP contribution in [-0.2, 0) is 6.54 Å². The molecule has 0 fully saturated rings. The predicted octanol–water partition coefficient (Wildman–Crippen LogP) is 1.67. The third-order valence-corrected chi connectivity index (χ3v) is 3.66. The summed E-state index contributed by atoms with van der Waals surface area (Å²) in [4.78, 5) is 42.1. The largest absolute Gasteiger partial charge is 0.863 e. The summed E-state index contributed by atoms with van der Waals surface area (Å²) >= 11 is 0. The molecule has 0 spiro atoms. The van der Waals surface area contributed by atoms with Crippen molar-refractivity contribution in [3.05, 3.63) is 97.1 Å². The van der Waals surface area contributed by atoms with Crippen LogP contribution in [0.3, 0.4) is 0 Å². The first-order valence-electron chi connectivity index (χ1n) is 8.09. The van der Waals surface area contributed by atoms with Crippen molar-refractivity contribution in [2.45, 2.75) is 6.54 Å². The van der Waals surface area contributed by atoms with Crippen LogP contribution in [0, 0.1) is 30.3 Å². The number of benzene rings is 2. The van der Waals surface area contributed by atoms with Crippen molar-refractivity contribution in [2.24, 2.45) is 0 Å². The van der Waals surface area contributed by atoms with E-state index in [2.05, 4.69) is 4.98 Å². The van der Waals surface area contributed by atoms with Crippen LogP contribution in [0.25, 0.3) is 0 Å². The predicted molar refractivity (Wildman–Crippen MR) is 97.6 cm³/mol.